The number of hydrogen-bond acceptors (Lipinski definition) is 3. The molecule has 0 aliphatic carbocycles. The van der Waals surface area contributed by atoms with E-state index in [1.54, 1.807) is 12.1 Å². The van der Waals surface area contributed by atoms with Gasteiger partial charge in [0.25, 0.3) is 0 Å². The maximum absolute atomic E-state index is 10.6. The summed E-state index contributed by atoms with van der Waals surface area (Å²) in [5.41, 5.74) is -1.05. The van der Waals surface area contributed by atoms with E-state index in [4.69, 9.17) is 4.74 Å². The molecule has 4 nitrogen and oxygen atoms in total. The molecule has 0 amide bonds. The van der Waals surface area contributed by atoms with Gasteiger partial charge >= 0.3 is 0 Å². The molecule has 0 aliphatic heterocycles. The van der Waals surface area contributed by atoms with E-state index in [1.165, 1.54) is 13.8 Å². The summed E-state index contributed by atoms with van der Waals surface area (Å²) >= 11 is 0. The Morgan fingerprint density at radius 2 is 1.93 bits per heavy atom. The zero-order valence-corrected chi connectivity index (χ0v) is 8.27. The summed E-state index contributed by atoms with van der Waals surface area (Å²) in [5, 5.41) is 10.6. The third-order valence-corrected chi connectivity index (χ3v) is 1.83. The van der Waals surface area contributed by atoms with Crippen LogP contribution in [0.15, 0.2) is 30.3 Å². The highest BCUT2D eigenvalue weighted by Gasteiger charge is 2.31. The van der Waals surface area contributed by atoms with Gasteiger partial charge in [-0.1, -0.05) is 18.2 Å². The van der Waals surface area contributed by atoms with Crippen LogP contribution in [0, 0.1) is 10.1 Å². The summed E-state index contributed by atoms with van der Waals surface area (Å²) in [4.78, 5) is 10.2. The summed E-state index contributed by atoms with van der Waals surface area (Å²) in [7, 11) is 0. The highest BCUT2D eigenvalue weighted by atomic mass is 16.6. The van der Waals surface area contributed by atoms with Crippen LogP contribution in [0.1, 0.15) is 13.8 Å². The minimum atomic E-state index is -1.05. The molecule has 14 heavy (non-hydrogen) atoms. The second-order valence-electron chi connectivity index (χ2n) is 3.67. The zero-order valence-electron chi connectivity index (χ0n) is 8.27. The number of para-hydroxylation sites is 1. The predicted octanol–water partition coefficient (Wildman–Crippen LogP) is 2.12. The maximum Gasteiger partial charge on any atom is 0.250 e. The van der Waals surface area contributed by atoms with Crippen LogP contribution < -0.4 is 4.74 Å². The molecule has 0 aromatic heterocycles. The standard InChI is InChI=1S/C10H13NO3/c1-10(2,11(12)13)8-14-9-6-4-3-5-7-9/h3-7H,8H2,1-2H3. The molecule has 4 heteroatoms. The summed E-state index contributed by atoms with van der Waals surface area (Å²) in [5.74, 6) is 0.655. The lowest BCUT2D eigenvalue weighted by atomic mass is 10.1. The van der Waals surface area contributed by atoms with Gasteiger partial charge in [0.05, 0.1) is 0 Å². The van der Waals surface area contributed by atoms with Gasteiger partial charge in [-0.3, -0.25) is 10.1 Å². The van der Waals surface area contributed by atoms with E-state index in [1.807, 2.05) is 18.2 Å². The lowest BCUT2D eigenvalue weighted by Gasteiger charge is -2.15. The predicted molar refractivity (Wildman–Crippen MR) is 53.0 cm³/mol. The monoisotopic (exact) mass is 195 g/mol. The van der Waals surface area contributed by atoms with E-state index in [-0.39, 0.29) is 11.5 Å². The first-order chi connectivity index (χ1) is 6.52. The van der Waals surface area contributed by atoms with Crippen molar-refractivity contribution in [2.24, 2.45) is 0 Å². The molecule has 1 rings (SSSR count). The van der Waals surface area contributed by atoms with E-state index < -0.39 is 5.54 Å². The number of nitrogens with zero attached hydrogens (tertiary/aromatic N) is 1. The molecule has 0 fully saturated rings. The molecule has 0 N–H and O–H groups in total. The van der Waals surface area contributed by atoms with Crippen molar-refractivity contribution in [3.05, 3.63) is 40.4 Å². The van der Waals surface area contributed by atoms with Gasteiger partial charge in [0.1, 0.15) is 5.75 Å². The Morgan fingerprint density at radius 3 is 2.43 bits per heavy atom. The van der Waals surface area contributed by atoms with Gasteiger partial charge in [-0.05, 0) is 12.1 Å². The largest absolute Gasteiger partial charge is 0.486 e. The topological polar surface area (TPSA) is 52.4 Å². The third kappa shape index (κ3) is 2.73. The van der Waals surface area contributed by atoms with E-state index >= 15 is 0 Å². The first-order valence-corrected chi connectivity index (χ1v) is 4.35. The highest BCUT2D eigenvalue weighted by molar-refractivity contribution is 5.20. The minimum Gasteiger partial charge on any atom is -0.486 e. The Bertz CT molecular complexity index is 308. The normalized spacial score (nSPS) is 11.0. The lowest BCUT2D eigenvalue weighted by Crippen LogP contribution is -2.37. The summed E-state index contributed by atoms with van der Waals surface area (Å²) in [6.45, 7) is 3.15. The number of benzene rings is 1. The third-order valence-electron chi connectivity index (χ3n) is 1.83. The number of nitro groups is 1. The van der Waals surface area contributed by atoms with Crippen molar-refractivity contribution in [3.63, 3.8) is 0 Å². The second-order valence-corrected chi connectivity index (χ2v) is 3.67. The molecule has 0 radical (unpaired) electrons. The van der Waals surface area contributed by atoms with E-state index in [2.05, 4.69) is 0 Å². The fourth-order valence-corrected chi connectivity index (χ4v) is 0.829. The number of ether oxygens (including phenoxy) is 1. The van der Waals surface area contributed by atoms with Crippen LogP contribution in [-0.2, 0) is 0 Å². The van der Waals surface area contributed by atoms with Gasteiger partial charge in [0, 0.05) is 18.8 Å². The van der Waals surface area contributed by atoms with Crippen LogP contribution in [-0.4, -0.2) is 17.1 Å². The Morgan fingerprint density at radius 1 is 1.36 bits per heavy atom. The average molecular weight is 195 g/mol. The summed E-state index contributed by atoms with van der Waals surface area (Å²) in [6.07, 6.45) is 0. The molecule has 0 spiro atoms. The highest BCUT2D eigenvalue weighted by Crippen LogP contribution is 2.13. The molecule has 0 heterocycles. The Hall–Kier alpha value is -1.58. The molecule has 0 unspecified atom stereocenters. The molecule has 0 saturated carbocycles. The van der Waals surface area contributed by atoms with E-state index in [0.717, 1.165) is 0 Å². The van der Waals surface area contributed by atoms with Gasteiger partial charge in [-0.25, -0.2) is 0 Å². The molecule has 0 atom stereocenters. The summed E-state index contributed by atoms with van der Waals surface area (Å²) in [6, 6.07) is 9.07. The van der Waals surface area contributed by atoms with Crippen LogP contribution in [0.4, 0.5) is 0 Å². The molecule has 0 aliphatic rings. The van der Waals surface area contributed by atoms with Crippen LogP contribution >= 0.6 is 0 Å². The van der Waals surface area contributed by atoms with Crippen molar-refractivity contribution in [1.82, 2.24) is 0 Å². The Labute approximate surface area is 82.7 Å². The zero-order chi connectivity index (χ0) is 10.6. The second kappa shape index (κ2) is 4.09. The van der Waals surface area contributed by atoms with Crippen molar-refractivity contribution in [1.29, 1.82) is 0 Å². The summed E-state index contributed by atoms with van der Waals surface area (Å²) < 4.78 is 5.29. The van der Waals surface area contributed by atoms with Crippen molar-refractivity contribution in [3.8, 4) is 5.75 Å². The van der Waals surface area contributed by atoms with Crippen LogP contribution in [0.2, 0.25) is 0 Å². The van der Waals surface area contributed by atoms with Crippen LogP contribution in [0.5, 0.6) is 5.75 Å². The molecule has 0 saturated heterocycles. The fraction of sp³-hybridized carbons (Fsp3) is 0.400. The van der Waals surface area contributed by atoms with Crippen molar-refractivity contribution >= 4 is 0 Å². The Balaban J connectivity index is 2.53. The SMILES string of the molecule is CC(C)(COc1ccccc1)[N+](=O)[O-]. The molecular weight excluding hydrogens is 182 g/mol. The van der Waals surface area contributed by atoms with E-state index in [0.29, 0.717) is 5.75 Å². The molecular formula is C10H13NO3. The number of rotatable bonds is 4. The van der Waals surface area contributed by atoms with Crippen molar-refractivity contribution < 1.29 is 9.66 Å². The van der Waals surface area contributed by atoms with E-state index in [9.17, 15) is 10.1 Å². The minimum absolute atomic E-state index is 0.0734. The van der Waals surface area contributed by atoms with Crippen molar-refractivity contribution in [2.45, 2.75) is 19.4 Å². The number of hydrogen-bond donors (Lipinski definition) is 0. The first-order valence-electron chi connectivity index (χ1n) is 4.35. The van der Waals surface area contributed by atoms with Crippen LogP contribution in [0.3, 0.4) is 0 Å². The quantitative estimate of drug-likeness (QED) is 0.546. The molecule has 76 valence electrons. The van der Waals surface area contributed by atoms with Gasteiger partial charge in [-0.15, -0.1) is 0 Å². The van der Waals surface area contributed by atoms with Gasteiger partial charge < -0.3 is 4.74 Å². The van der Waals surface area contributed by atoms with Gasteiger partial charge in [-0.2, -0.15) is 0 Å². The van der Waals surface area contributed by atoms with Gasteiger partial charge in [0.15, 0.2) is 6.61 Å². The first kappa shape index (κ1) is 10.5. The molecule has 1 aromatic carbocycles. The van der Waals surface area contributed by atoms with Gasteiger partial charge in [0.2, 0.25) is 5.54 Å². The lowest BCUT2D eigenvalue weighted by molar-refractivity contribution is -0.562. The van der Waals surface area contributed by atoms with Crippen LogP contribution in [0.25, 0.3) is 0 Å². The fourth-order valence-electron chi connectivity index (χ4n) is 0.829. The molecule has 1 aromatic rings. The average Bonchev–Trinajstić information content (AvgIpc) is 2.16. The molecule has 0 bridgehead atoms. The smallest absolute Gasteiger partial charge is 0.250 e. The van der Waals surface area contributed by atoms with Crippen molar-refractivity contribution in [2.75, 3.05) is 6.61 Å². The Kier molecular flexibility index (Phi) is 3.06. The maximum atomic E-state index is 10.6.